The zero-order chi connectivity index (χ0) is 22.4. The number of amides is 1. The van der Waals surface area contributed by atoms with E-state index in [-0.39, 0.29) is 24.2 Å². The average Bonchev–Trinajstić information content (AvgIpc) is 3.08. The van der Waals surface area contributed by atoms with Crippen LogP contribution in [-0.4, -0.2) is 43.0 Å². The minimum atomic E-state index is -0.513. The van der Waals surface area contributed by atoms with Crippen LogP contribution in [0.3, 0.4) is 0 Å². The highest BCUT2D eigenvalue weighted by molar-refractivity contribution is 7.17. The molecule has 0 bridgehead atoms. The van der Waals surface area contributed by atoms with Crippen LogP contribution in [-0.2, 0) is 9.53 Å². The molecule has 2 heterocycles. The van der Waals surface area contributed by atoms with E-state index in [2.05, 4.69) is 16.3 Å². The van der Waals surface area contributed by atoms with Crippen molar-refractivity contribution < 1.29 is 18.7 Å². The molecule has 1 fully saturated rings. The van der Waals surface area contributed by atoms with Crippen molar-refractivity contribution in [1.82, 2.24) is 4.90 Å². The smallest absolute Gasteiger partial charge is 0.341 e. The first kappa shape index (κ1) is 22.9. The van der Waals surface area contributed by atoms with Crippen molar-refractivity contribution in [3.05, 3.63) is 40.5 Å². The first-order valence-corrected chi connectivity index (χ1v) is 11.2. The van der Waals surface area contributed by atoms with Crippen LogP contribution in [0.15, 0.2) is 24.3 Å². The molecule has 2 aromatic rings. The molecule has 1 aliphatic rings. The second kappa shape index (κ2) is 10.5. The first-order chi connectivity index (χ1) is 14.9. The van der Waals surface area contributed by atoms with Crippen LogP contribution in [0.2, 0.25) is 0 Å². The van der Waals surface area contributed by atoms with Gasteiger partial charge in [-0.3, -0.25) is 4.79 Å². The molecule has 31 heavy (non-hydrogen) atoms. The predicted octanol–water partition coefficient (Wildman–Crippen LogP) is 4.60. The maximum absolute atomic E-state index is 13.4. The molecule has 3 rings (SSSR count). The Labute approximate surface area is 185 Å². The third-order valence-electron chi connectivity index (χ3n) is 5.35. The van der Waals surface area contributed by atoms with Crippen molar-refractivity contribution in [3.63, 3.8) is 0 Å². The number of benzene rings is 1. The van der Waals surface area contributed by atoms with Crippen molar-refractivity contribution in [2.24, 2.45) is 5.92 Å². The molecule has 0 aliphatic carbocycles. The van der Waals surface area contributed by atoms with Crippen LogP contribution in [0, 0.1) is 30.0 Å². The molecule has 1 amide bonds. The molecule has 1 atom stereocenters. The highest BCUT2D eigenvalue weighted by atomic mass is 32.1. The summed E-state index contributed by atoms with van der Waals surface area (Å²) in [4.78, 5) is 28.8. The number of anilines is 1. The van der Waals surface area contributed by atoms with Gasteiger partial charge in [0.25, 0.3) is 0 Å². The SMILES string of the molecule is CCOC(=O)c1c(NC(=O)C2CCCN(CCC#N)C2)sc(C)c1-c1ccc(F)cc1. The van der Waals surface area contributed by atoms with Crippen LogP contribution in [0.1, 0.15) is 41.4 Å². The number of hydrogen-bond acceptors (Lipinski definition) is 6. The van der Waals surface area contributed by atoms with Gasteiger partial charge < -0.3 is 15.0 Å². The van der Waals surface area contributed by atoms with E-state index in [0.29, 0.717) is 41.2 Å². The van der Waals surface area contributed by atoms with Gasteiger partial charge in [-0.1, -0.05) is 12.1 Å². The van der Waals surface area contributed by atoms with Gasteiger partial charge in [0.15, 0.2) is 0 Å². The van der Waals surface area contributed by atoms with Gasteiger partial charge in [-0.05, 0) is 50.9 Å². The average molecular weight is 444 g/mol. The lowest BCUT2D eigenvalue weighted by molar-refractivity contribution is -0.121. The van der Waals surface area contributed by atoms with E-state index in [1.807, 2.05) is 6.92 Å². The Bertz CT molecular complexity index is 981. The van der Waals surface area contributed by atoms with Gasteiger partial charge in [-0.25, -0.2) is 9.18 Å². The minimum absolute atomic E-state index is 0.140. The number of nitrogens with zero attached hydrogens (tertiary/aromatic N) is 2. The number of nitrogens with one attached hydrogen (secondary N) is 1. The summed E-state index contributed by atoms with van der Waals surface area (Å²) in [6.07, 6.45) is 2.09. The summed E-state index contributed by atoms with van der Waals surface area (Å²) < 4.78 is 18.7. The van der Waals surface area contributed by atoms with E-state index in [1.54, 1.807) is 19.1 Å². The molecule has 0 radical (unpaired) electrons. The van der Waals surface area contributed by atoms with E-state index in [9.17, 15) is 14.0 Å². The van der Waals surface area contributed by atoms with Crippen molar-refractivity contribution in [2.75, 3.05) is 31.6 Å². The molecule has 164 valence electrons. The molecule has 1 aromatic carbocycles. The quantitative estimate of drug-likeness (QED) is 0.632. The monoisotopic (exact) mass is 443 g/mol. The van der Waals surface area contributed by atoms with Crippen LogP contribution >= 0.6 is 11.3 Å². The number of nitriles is 1. The number of likely N-dealkylation sites (tertiary alicyclic amines) is 1. The summed E-state index contributed by atoms with van der Waals surface area (Å²) in [5.41, 5.74) is 1.65. The third-order valence-corrected chi connectivity index (χ3v) is 6.37. The molecule has 1 aromatic heterocycles. The normalized spacial score (nSPS) is 16.5. The molecule has 1 saturated heterocycles. The molecular weight excluding hydrogens is 417 g/mol. The maximum Gasteiger partial charge on any atom is 0.341 e. The number of thiophene rings is 1. The van der Waals surface area contributed by atoms with Gasteiger partial charge in [0, 0.05) is 30.0 Å². The minimum Gasteiger partial charge on any atom is -0.462 e. The third kappa shape index (κ3) is 5.49. The Morgan fingerprint density at radius 2 is 2.10 bits per heavy atom. The molecule has 1 aliphatic heterocycles. The van der Waals surface area contributed by atoms with Crippen molar-refractivity contribution >= 4 is 28.2 Å². The summed E-state index contributed by atoms with van der Waals surface area (Å²) in [7, 11) is 0. The number of rotatable bonds is 7. The number of ether oxygens (including phenoxy) is 1. The largest absolute Gasteiger partial charge is 0.462 e. The predicted molar refractivity (Wildman–Crippen MR) is 118 cm³/mol. The molecule has 1 unspecified atom stereocenters. The summed E-state index contributed by atoms with van der Waals surface area (Å²) >= 11 is 1.32. The van der Waals surface area contributed by atoms with Gasteiger partial charge in [0.1, 0.15) is 16.4 Å². The summed E-state index contributed by atoms with van der Waals surface area (Å²) in [6, 6.07) is 8.07. The Kier molecular flexibility index (Phi) is 7.77. The van der Waals surface area contributed by atoms with Crippen LogP contribution < -0.4 is 5.32 Å². The number of halogens is 1. The fourth-order valence-corrected chi connectivity index (χ4v) is 4.96. The summed E-state index contributed by atoms with van der Waals surface area (Å²) in [5, 5.41) is 12.2. The molecular formula is C23H26FN3O3S. The van der Waals surface area contributed by atoms with E-state index < -0.39 is 5.97 Å². The lowest BCUT2D eigenvalue weighted by Crippen LogP contribution is -2.41. The van der Waals surface area contributed by atoms with Crippen LogP contribution in [0.4, 0.5) is 9.39 Å². The number of carbonyl (C=O) groups excluding carboxylic acids is 2. The van der Waals surface area contributed by atoms with Gasteiger partial charge in [-0.15, -0.1) is 11.3 Å². The number of carbonyl (C=O) groups is 2. The van der Waals surface area contributed by atoms with Crippen molar-refractivity contribution in [1.29, 1.82) is 5.26 Å². The molecule has 8 heteroatoms. The maximum atomic E-state index is 13.4. The lowest BCUT2D eigenvalue weighted by atomic mass is 9.96. The van der Waals surface area contributed by atoms with Crippen molar-refractivity contribution in [3.8, 4) is 17.2 Å². The lowest BCUT2D eigenvalue weighted by Gasteiger charge is -2.31. The van der Waals surface area contributed by atoms with Crippen LogP contribution in [0.25, 0.3) is 11.1 Å². The van der Waals surface area contributed by atoms with Crippen LogP contribution in [0.5, 0.6) is 0 Å². The molecule has 6 nitrogen and oxygen atoms in total. The van der Waals surface area contributed by atoms with Gasteiger partial charge in [0.2, 0.25) is 5.91 Å². The second-order valence-corrected chi connectivity index (χ2v) is 8.73. The van der Waals surface area contributed by atoms with E-state index in [0.717, 1.165) is 24.3 Å². The summed E-state index contributed by atoms with van der Waals surface area (Å²) in [6.45, 7) is 5.93. The molecule has 1 N–H and O–H groups in total. The Balaban J connectivity index is 1.87. The number of piperidine rings is 1. The fourth-order valence-electron chi connectivity index (χ4n) is 3.89. The number of hydrogen-bond donors (Lipinski definition) is 1. The van der Waals surface area contributed by atoms with E-state index in [1.165, 1.54) is 23.5 Å². The molecule has 0 spiro atoms. The zero-order valence-corrected chi connectivity index (χ0v) is 18.6. The van der Waals surface area contributed by atoms with Crippen molar-refractivity contribution in [2.45, 2.75) is 33.1 Å². The Hall–Kier alpha value is -2.76. The Morgan fingerprint density at radius 3 is 2.77 bits per heavy atom. The van der Waals surface area contributed by atoms with Gasteiger partial charge in [-0.2, -0.15) is 5.26 Å². The highest BCUT2D eigenvalue weighted by Gasteiger charge is 2.29. The first-order valence-electron chi connectivity index (χ1n) is 10.4. The van der Waals surface area contributed by atoms with Gasteiger partial charge >= 0.3 is 5.97 Å². The summed E-state index contributed by atoms with van der Waals surface area (Å²) in [5.74, 6) is -1.22. The number of esters is 1. The number of aryl methyl sites for hydroxylation is 1. The van der Waals surface area contributed by atoms with E-state index in [4.69, 9.17) is 10.00 Å². The second-order valence-electron chi connectivity index (χ2n) is 7.50. The van der Waals surface area contributed by atoms with E-state index >= 15 is 0 Å². The standard InChI is InChI=1S/C23H26FN3O3S/c1-3-30-23(29)20-19(16-7-9-18(24)10-8-16)15(2)31-22(20)26-21(28)17-6-4-12-27(14-17)13-5-11-25/h7-10,17H,3-6,12-14H2,1-2H3,(H,26,28). The molecule has 0 saturated carbocycles. The van der Waals surface area contributed by atoms with Gasteiger partial charge in [0.05, 0.1) is 18.6 Å². The highest BCUT2D eigenvalue weighted by Crippen LogP contribution is 2.40. The topological polar surface area (TPSA) is 82.4 Å². The zero-order valence-electron chi connectivity index (χ0n) is 17.7. The Morgan fingerprint density at radius 1 is 1.35 bits per heavy atom. The fraction of sp³-hybridized carbons (Fsp3) is 0.435.